The molecule has 1 aliphatic rings. The van der Waals surface area contributed by atoms with E-state index >= 15 is 0 Å². The van der Waals surface area contributed by atoms with Crippen LogP contribution >= 0.6 is 0 Å². The van der Waals surface area contributed by atoms with Gasteiger partial charge in [-0.05, 0) is 46.0 Å². The van der Waals surface area contributed by atoms with Crippen LogP contribution in [0.25, 0.3) is 0 Å². The van der Waals surface area contributed by atoms with Gasteiger partial charge in [0.2, 0.25) is 0 Å². The van der Waals surface area contributed by atoms with Crippen LogP contribution in [0.2, 0.25) is 0 Å². The molecule has 2 rings (SSSR count). The highest BCUT2D eigenvalue weighted by Crippen LogP contribution is 2.17. The molecule has 1 aromatic heterocycles. The van der Waals surface area contributed by atoms with E-state index in [0.29, 0.717) is 6.04 Å². The lowest BCUT2D eigenvalue weighted by Crippen LogP contribution is -2.44. The number of aromatic amines is 1. The van der Waals surface area contributed by atoms with Gasteiger partial charge in [-0.25, -0.2) is 0 Å². The van der Waals surface area contributed by atoms with Gasteiger partial charge >= 0.3 is 0 Å². The highest BCUT2D eigenvalue weighted by atomic mass is 16.5. The summed E-state index contributed by atoms with van der Waals surface area (Å²) in [5.41, 5.74) is 2.26. The fourth-order valence-corrected chi connectivity index (χ4v) is 2.72. The van der Waals surface area contributed by atoms with Crippen molar-refractivity contribution in [1.82, 2.24) is 20.0 Å². The number of piperidine rings is 1. The second kappa shape index (κ2) is 7.03. The number of methoxy groups -OCH3 is 1. The third-order valence-corrected chi connectivity index (χ3v) is 3.91. The Morgan fingerprint density at radius 3 is 2.79 bits per heavy atom. The summed E-state index contributed by atoms with van der Waals surface area (Å²) in [4.78, 5) is 4.93. The van der Waals surface area contributed by atoms with Crippen LogP contribution < -0.4 is 0 Å². The summed E-state index contributed by atoms with van der Waals surface area (Å²) in [5.74, 6) is 0. The van der Waals surface area contributed by atoms with Gasteiger partial charge in [-0.2, -0.15) is 5.10 Å². The lowest BCUT2D eigenvalue weighted by Gasteiger charge is -2.36. The van der Waals surface area contributed by atoms with Crippen molar-refractivity contribution in [3.8, 4) is 0 Å². The molecule has 0 saturated carbocycles. The Bertz CT molecular complexity index is 371. The zero-order chi connectivity index (χ0) is 13.7. The quantitative estimate of drug-likeness (QED) is 0.842. The zero-order valence-corrected chi connectivity index (χ0v) is 12.4. The number of likely N-dealkylation sites (tertiary alicyclic amines) is 1. The smallest absolute Gasteiger partial charge is 0.0765 e. The molecule has 0 aliphatic carbocycles. The van der Waals surface area contributed by atoms with E-state index in [-0.39, 0.29) is 0 Å². The second-order valence-electron chi connectivity index (χ2n) is 5.54. The number of nitrogens with zero attached hydrogens (tertiary/aromatic N) is 3. The maximum atomic E-state index is 5.25. The van der Waals surface area contributed by atoms with Gasteiger partial charge in [-0.1, -0.05) is 0 Å². The van der Waals surface area contributed by atoms with Crippen molar-refractivity contribution < 1.29 is 4.74 Å². The lowest BCUT2D eigenvalue weighted by atomic mass is 10.0. The summed E-state index contributed by atoms with van der Waals surface area (Å²) in [7, 11) is 3.97. The molecule has 5 heteroatoms. The Kier molecular flexibility index (Phi) is 5.36. The molecule has 19 heavy (non-hydrogen) atoms. The number of nitrogens with one attached hydrogen (secondary N) is 1. The van der Waals surface area contributed by atoms with Crippen LogP contribution in [0.1, 0.15) is 24.2 Å². The minimum Gasteiger partial charge on any atom is -0.383 e. The topological polar surface area (TPSA) is 44.4 Å². The summed E-state index contributed by atoms with van der Waals surface area (Å²) in [6, 6.07) is 2.79. The molecular formula is C14H26N4O. The first-order chi connectivity index (χ1) is 9.19. The first-order valence-corrected chi connectivity index (χ1v) is 7.11. The molecule has 0 unspecified atom stereocenters. The molecule has 0 amide bonds. The van der Waals surface area contributed by atoms with Crippen LogP contribution in [0, 0.1) is 6.92 Å². The zero-order valence-electron chi connectivity index (χ0n) is 12.4. The molecule has 1 fully saturated rings. The van der Waals surface area contributed by atoms with Crippen molar-refractivity contribution in [3.05, 3.63) is 17.5 Å². The molecule has 0 atom stereocenters. The fraction of sp³-hybridized carbons (Fsp3) is 0.786. The Morgan fingerprint density at radius 1 is 1.47 bits per heavy atom. The van der Waals surface area contributed by atoms with E-state index in [2.05, 4.69) is 33.1 Å². The van der Waals surface area contributed by atoms with E-state index in [1.165, 1.54) is 25.9 Å². The van der Waals surface area contributed by atoms with Gasteiger partial charge in [0.25, 0.3) is 0 Å². The fourth-order valence-electron chi connectivity index (χ4n) is 2.72. The normalized spacial score (nSPS) is 18.3. The molecule has 1 aromatic rings. The van der Waals surface area contributed by atoms with Crippen LogP contribution in [0.4, 0.5) is 0 Å². The lowest BCUT2D eigenvalue weighted by molar-refractivity contribution is 0.0793. The van der Waals surface area contributed by atoms with Crippen LogP contribution in [0.3, 0.4) is 0 Å². The standard InChI is InChI=1S/C14H26N4O/c1-12-10-13(16-15-12)11-18(8-9-19-3)14-4-6-17(2)7-5-14/h10,14H,4-9,11H2,1-3H3,(H,15,16). The van der Waals surface area contributed by atoms with Gasteiger partial charge in [0.1, 0.15) is 0 Å². The molecule has 0 bridgehead atoms. The molecule has 5 nitrogen and oxygen atoms in total. The number of aryl methyl sites for hydroxylation is 1. The average molecular weight is 266 g/mol. The highest BCUT2D eigenvalue weighted by molar-refractivity contribution is 5.06. The Balaban J connectivity index is 1.94. The van der Waals surface area contributed by atoms with E-state index in [0.717, 1.165) is 31.1 Å². The first kappa shape index (κ1) is 14.5. The van der Waals surface area contributed by atoms with Crippen LogP contribution in [-0.4, -0.2) is 66.4 Å². The minimum atomic E-state index is 0.656. The van der Waals surface area contributed by atoms with Crippen LogP contribution in [-0.2, 0) is 11.3 Å². The molecule has 0 radical (unpaired) electrons. The summed E-state index contributed by atoms with van der Waals surface area (Å²) >= 11 is 0. The molecule has 2 heterocycles. The molecule has 1 saturated heterocycles. The van der Waals surface area contributed by atoms with Crippen LogP contribution in [0.5, 0.6) is 0 Å². The summed E-state index contributed by atoms with van der Waals surface area (Å²) in [6.07, 6.45) is 2.48. The molecule has 1 N–H and O–H groups in total. The molecule has 108 valence electrons. The minimum absolute atomic E-state index is 0.656. The molecule has 1 aliphatic heterocycles. The van der Waals surface area contributed by atoms with Crippen molar-refractivity contribution >= 4 is 0 Å². The third kappa shape index (κ3) is 4.30. The highest BCUT2D eigenvalue weighted by Gasteiger charge is 2.23. The van der Waals surface area contributed by atoms with Crippen molar-refractivity contribution in [3.63, 3.8) is 0 Å². The monoisotopic (exact) mass is 266 g/mol. The molecule has 0 aromatic carbocycles. The number of rotatable bonds is 6. The third-order valence-electron chi connectivity index (χ3n) is 3.91. The number of hydrogen-bond acceptors (Lipinski definition) is 4. The SMILES string of the molecule is COCCN(Cc1cc(C)[nH]n1)C1CCN(C)CC1. The largest absolute Gasteiger partial charge is 0.383 e. The van der Waals surface area contributed by atoms with E-state index in [4.69, 9.17) is 4.74 Å². The Labute approximate surface area is 115 Å². The van der Waals surface area contributed by atoms with E-state index in [9.17, 15) is 0 Å². The van der Waals surface area contributed by atoms with Crippen molar-refractivity contribution in [2.24, 2.45) is 0 Å². The second-order valence-corrected chi connectivity index (χ2v) is 5.54. The maximum absolute atomic E-state index is 5.25. The number of H-pyrrole nitrogens is 1. The van der Waals surface area contributed by atoms with Crippen molar-refractivity contribution in [2.45, 2.75) is 32.4 Å². The van der Waals surface area contributed by atoms with E-state index in [1.807, 2.05) is 6.92 Å². The maximum Gasteiger partial charge on any atom is 0.0765 e. The van der Waals surface area contributed by atoms with Gasteiger partial charge < -0.3 is 9.64 Å². The van der Waals surface area contributed by atoms with Gasteiger partial charge in [-0.15, -0.1) is 0 Å². The summed E-state index contributed by atoms with van der Waals surface area (Å²) in [6.45, 7) is 7.11. The predicted octanol–water partition coefficient (Wildman–Crippen LogP) is 1.26. The number of ether oxygens (including phenoxy) is 1. The molecular weight excluding hydrogens is 240 g/mol. The van der Waals surface area contributed by atoms with Crippen molar-refractivity contribution in [1.29, 1.82) is 0 Å². The number of aromatic nitrogens is 2. The van der Waals surface area contributed by atoms with Crippen molar-refractivity contribution in [2.75, 3.05) is 40.4 Å². The van der Waals surface area contributed by atoms with Gasteiger partial charge in [0, 0.05) is 31.9 Å². The number of hydrogen-bond donors (Lipinski definition) is 1. The molecule has 0 spiro atoms. The summed E-state index contributed by atoms with van der Waals surface area (Å²) in [5, 5.41) is 7.38. The van der Waals surface area contributed by atoms with Gasteiger partial charge in [0.15, 0.2) is 0 Å². The van der Waals surface area contributed by atoms with Gasteiger partial charge in [-0.3, -0.25) is 10.00 Å². The van der Waals surface area contributed by atoms with E-state index < -0.39 is 0 Å². The average Bonchev–Trinajstić information content (AvgIpc) is 2.81. The predicted molar refractivity (Wildman–Crippen MR) is 76.1 cm³/mol. The Hall–Kier alpha value is -0.910. The van der Waals surface area contributed by atoms with Crippen LogP contribution in [0.15, 0.2) is 6.07 Å². The Morgan fingerprint density at radius 2 is 2.21 bits per heavy atom. The van der Waals surface area contributed by atoms with Gasteiger partial charge in [0.05, 0.1) is 12.3 Å². The summed E-state index contributed by atoms with van der Waals surface area (Å²) < 4.78 is 5.25. The van der Waals surface area contributed by atoms with E-state index in [1.54, 1.807) is 7.11 Å². The first-order valence-electron chi connectivity index (χ1n) is 7.11.